The second-order valence-electron chi connectivity index (χ2n) is 6.01. The molecule has 1 aliphatic rings. The number of hydrogen-bond acceptors (Lipinski definition) is 6. The zero-order valence-corrected chi connectivity index (χ0v) is 14.8. The lowest BCUT2D eigenvalue weighted by atomic mass is 10.0. The average Bonchev–Trinajstić information content (AvgIpc) is 2.67. The minimum Gasteiger partial charge on any atom is -0.450 e. The highest BCUT2D eigenvalue weighted by molar-refractivity contribution is 5.97. The van der Waals surface area contributed by atoms with Gasteiger partial charge in [0, 0.05) is 31.7 Å². The van der Waals surface area contributed by atoms with Crippen molar-refractivity contribution in [3.05, 3.63) is 35.4 Å². The van der Waals surface area contributed by atoms with Gasteiger partial charge in [0.25, 0.3) is 0 Å². The van der Waals surface area contributed by atoms with E-state index in [1.54, 1.807) is 34.9 Å². The van der Waals surface area contributed by atoms with Crippen molar-refractivity contribution in [3.8, 4) is 0 Å². The number of rotatable bonds is 5. The molecule has 1 fully saturated rings. The summed E-state index contributed by atoms with van der Waals surface area (Å²) in [6.45, 7) is 3.79. The largest absolute Gasteiger partial charge is 0.450 e. The van der Waals surface area contributed by atoms with Crippen molar-refractivity contribution in [2.24, 2.45) is 16.6 Å². The highest BCUT2D eigenvalue weighted by Gasteiger charge is 2.27. The quantitative estimate of drug-likeness (QED) is 0.291. The minimum atomic E-state index is -0.702. The van der Waals surface area contributed by atoms with Crippen molar-refractivity contribution in [1.29, 1.82) is 0 Å². The summed E-state index contributed by atoms with van der Waals surface area (Å²) in [5, 5.41) is 11.7. The van der Waals surface area contributed by atoms with E-state index in [2.05, 4.69) is 5.16 Å². The van der Waals surface area contributed by atoms with Crippen LogP contribution in [0.25, 0.3) is 0 Å². The van der Waals surface area contributed by atoms with Crippen LogP contribution in [-0.2, 0) is 16.0 Å². The summed E-state index contributed by atoms with van der Waals surface area (Å²) < 4.78 is 4.96. The number of nitrogens with two attached hydrogens (primary N) is 2. The fourth-order valence-electron chi connectivity index (χ4n) is 2.82. The molecule has 0 aliphatic carbocycles. The fraction of sp³-hybridized carbons (Fsp3) is 0.471. The Morgan fingerprint density at radius 1 is 1.27 bits per heavy atom. The smallest absolute Gasteiger partial charge is 0.409 e. The van der Waals surface area contributed by atoms with Crippen LogP contribution in [-0.4, -0.2) is 71.7 Å². The van der Waals surface area contributed by atoms with Crippen LogP contribution < -0.4 is 11.5 Å². The number of carbonyl (C=O) groups is 2. The zero-order chi connectivity index (χ0) is 19.1. The van der Waals surface area contributed by atoms with E-state index in [9.17, 15) is 9.59 Å². The summed E-state index contributed by atoms with van der Waals surface area (Å²) in [7, 11) is 0. The van der Waals surface area contributed by atoms with Gasteiger partial charge in [0.2, 0.25) is 5.91 Å². The van der Waals surface area contributed by atoms with Gasteiger partial charge in [-0.05, 0) is 25.0 Å². The molecule has 0 aromatic heterocycles. The van der Waals surface area contributed by atoms with Crippen molar-refractivity contribution >= 4 is 17.8 Å². The predicted molar refractivity (Wildman–Crippen MR) is 95.8 cm³/mol. The molecule has 1 aromatic carbocycles. The number of oxime groups is 1. The molecule has 1 aromatic rings. The van der Waals surface area contributed by atoms with E-state index >= 15 is 0 Å². The molecule has 0 radical (unpaired) electrons. The van der Waals surface area contributed by atoms with Crippen LogP contribution in [0, 0.1) is 0 Å². The van der Waals surface area contributed by atoms with Gasteiger partial charge in [-0.2, -0.15) is 0 Å². The molecule has 0 bridgehead atoms. The maximum absolute atomic E-state index is 12.6. The molecule has 2 rings (SSSR count). The monoisotopic (exact) mass is 363 g/mol. The predicted octanol–water partition coefficient (Wildman–Crippen LogP) is -0.0484. The third kappa shape index (κ3) is 4.85. The Balaban J connectivity index is 1.91. The van der Waals surface area contributed by atoms with Crippen LogP contribution in [0.1, 0.15) is 18.1 Å². The van der Waals surface area contributed by atoms with Crippen LogP contribution in [0.2, 0.25) is 0 Å². The van der Waals surface area contributed by atoms with E-state index in [-0.39, 0.29) is 17.8 Å². The SMILES string of the molecule is CCOC(=O)N1CCN(C(=O)[C@@H](N)Cc2cccc(C(N)=NO)c2)CC1. The normalized spacial score (nSPS) is 16.3. The summed E-state index contributed by atoms with van der Waals surface area (Å²) in [5.41, 5.74) is 13.0. The van der Waals surface area contributed by atoms with Gasteiger partial charge in [-0.3, -0.25) is 4.79 Å². The van der Waals surface area contributed by atoms with Crippen LogP contribution >= 0.6 is 0 Å². The van der Waals surface area contributed by atoms with Gasteiger partial charge in [-0.1, -0.05) is 23.4 Å². The molecule has 9 heteroatoms. The molecule has 2 amide bonds. The van der Waals surface area contributed by atoms with Gasteiger partial charge in [0.15, 0.2) is 5.84 Å². The molecule has 0 saturated carbocycles. The Labute approximate surface area is 152 Å². The maximum Gasteiger partial charge on any atom is 0.409 e. The van der Waals surface area contributed by atoms with Crippen molar-refractivity contribution in [1.82, 2.24) is 9.80 Å². The molecular formula is C17H25N5O4. The van der Waals surface area contributed by atoms with Gasteiger partial charge in [0.05, 0.1) is 12.6 Å². The molecule has 1 saturated heterocycles. The number of hydrogen-bond donors (Lipinski definition) is 3. The number of amides is 2. The second kappa shape index (κ2) is 9.04. The molecule has 1 aliphatic heterocycles. The van der Waals surface area contributed by atoms with Crippen LogP contribution in [0.15, 0.2) is 29.4 Å². The van der Waals surface area contributed by atoms with Gasteiger partial charge < -0.3 is 31.2 Å². The standard InChI is InChI=1S/C17H25N5O4/c1-2-26-17(24)22-8-6-21(7-9-22)16(23)14(18)11-12-4-3-5-13(10-12)15(19)20-25/h3-5,10,14,25H,2,6-9,11,18H2,1H3,(H2,19,20)/t14-/m0/s1. The van der Waals surface area contributed by atoms with E-state index in [1.807, 2.05) is 6.07 Å². The Kier molecular flexibility index (Phi) is 6.79. The molecule has 1 atom stereocenters. The topological polar surface area (TPSA) is 134 Å². The molecule has 5 N–H and O–H groups in total. The van der Waals surface area contributed by atoms with Crippen molar-refractivity contribution in [3.63, 3.8) is 0 Å². The molecule has 1 heterocycles. The summed E-state index contributed by atoms with van der Waals surface area (Å²) in [6.07, 6.45) is -0.0208. The summed E-state index contributed by atoms with van der Waals surface area (Å²) >= 11 is 0. The molecule has 0 unspecified atom stereocenters. The van der Waals surface area contributed by atoms with E-state index in [0.717, 1.165) is 5.56 Å². The van der Waals surface area contributed by atoms with Crippen LogP contribution in [0.3, 0.4) is 0 Å². The number of piperazine rings is 1. The van der Waals surface area contributed by atoms with E-state index < -0.39 is 6.04 Å². The Morgan fingerprint density at radius 3 is 2.54 bits per heavy atom. The third-order valence-corrected chi connectivity index (χ3v) is 4.22. The second-order valence-corrected chi connectivity index (χ2v) is 6.01. The lowest BCUT2D eigenvalue weighted by Crippen LogP contribution is -2.54. The highest BCUT2D eigenvalue weighted by atomic mass is 16.6. The number of nitrogens with zero attached hydrogens (tertiary/aromatic N) is 3. The maximum atomic E-state index is 12.6. The number of benzene rings is 1. The minimum absolute atomic E-state index is 0.00170. The Hall–Kier alpha value is -2.81. The first-order valence-electron chi connectivity index (χ1n) is 8.49. The molecule has 142 valence electrons. The summed E-state index contributed by atoms with van der Waals surface area (Å²) in [5.74, 6) is -0.162. The lowest BCUT2D eigenvalue weighted by molar-refractivity contribution is -0.134. The Morgan fingerprint density at radius 2 is 1.92 bits per heavy atom. The van der Waals surface area contributed by atoms with E-state index in [4.69, 9.17) is 21.4 Å². The van der Waals surface area contributed by atoms with Crippen LogP contribution in [0.4, 0.5) is 4.79 Å². The Bertz CT molecular complexity index is 671. The molecule has 0 spiro atoms. The van der Waals surface area contributed by atoms with Gasteiger partial charge in [0.1, 0.15) is 0 Å². The zero-order valence-electron chi connectivity index (χ0n) is 14.8. The first kappa shape index (κ1) is 19.5. The van der Waals surface area contributed by atoms with Crippen LogP contribution in [0.5, 0.6) is 0 Å². The van der Waals surface area contributed by atoms with Gasteiger partial charge in [-0.15, -0.1) is 0 Å². The van der Waals surface area contributed by atoms with Crippen molar-refractivity contribution in [2.45, 2.75) is 19.4 Å². The first-order chi connectivity index (χ1) is 12.5. The summed E-state index contributed by atoms with van der Waals surface area (Å²) in [4.78, 5) is 27.5. The van der Waals surface area contributed by atoms with Gasteiger partial charge in [-0.25, -0.2) is 4.79 Å². The lowest BCUT2D eigenvalue weighted by Gasteiger charge is -2.35. The number of carbonyl (C=O) groups excluding carboxylic acids is 2. The first-order valence-corrected chi connectivity index (χ1v) is 8.49. The van der Waals surface area contributed by atoms with Crippen molar-refractivity contribution < 1.29 is 19.5 Å². The number of amidine groups is 1. The fourth-order valence-corrected chi connectivity index (χ4v) is 2.82. The van der Waals surface area contributed by atoms with Gasteiger partial charge >= 0.3 is 6.09 Å². The van der Waals surface area contributed by atoms with E-state index in [1.165, 1.54) is 0 Å². The third-order valence-electron chi connectivity index (χ3n) is 4.22. The molecule has 9 nitrogen and oxygen atoms in total. The number of ether oxygens (including phenoxy) is 1. The highest BCUT2D eigenvalue weighted by Crippen LogP contribution is 2.10. The average molecular weight is 363 g/mol. The molecular weight excluding hydrogens is 338 g/mol. The molecule has 26 heavy (non-hydrogen) atoms. The summed E-state index contributed by atoms with van der Waals surface area (Å²) in [6, 6.07) is 6.34. The van der Waals surface area contributed by atoms with Crippen molar-refractivity contribution in [2.75, 3.05) is 32.8 Å². The van der Waals surface area contributed by atoms with E-state index in [0.29, 0.717) is 44.8 Å².